The molecule has 0 saturated heterocycles. The summed E-state index contributed by atoms with van der Waals surface area (Å²) >= 11 is 1.68. The smallest absolute Gasteiger partial charge is 0.192 e. The third kappa shape index (κ3) is 5.67. The van der Waals surface area contributed by atoms with Gasteiger partial charge in [-0.05, 0) is 42.5 Å². The molecule has 2 aromatic heterocycles. The van der Waals surface area contributed by atoms with E-state index in [1.165, 1.54) is 11.1 Å². The summed E-state index contributed by atoms with van der Waals surface area (Å²) in [5.74, 6) is 2.30. The lowest BCUT2D eigenvalue weighted by molar-refractivity contribution is 0.601. The van der Waals surface area contributed by atoms with Crippen LogP contribution >= 0.6 is 11.3 Å². The summed E-state index contributed by atoms with van der Waals surface area (Å²) in [5.41, 5.74) is 1.66. The van der Waals surface area contributed by atoms with Crippen molar-refractivity contribution in [1.29, 1.82) is 0 Å². The van der Waals surface area contributed by atoms with Gasteiger partial charge < -0.3 is 15.2 Å². The van der Waals surface area contributed by atoms with Crippen molar-refractivity contribution in [3.63, 3.8) is 0 Å². The highest BCUT2D eigenvalue weighted by atomic mass is 32.2. The van der Waals surface area contributed by atoms with Gasteiger partial charge in [0.1, 0.15) is 5.82 Å². The molecule has 0 saturated carbocycles. The number of guanidine groups is 1. The molecule has 0 atom stereocenters. The maximum absolute atomic E-state index is 11.8. The molecule has 10 heteroatoms. The van der Waals surface area contributed by atoms with Crippen molar-refractivity contribution in [3.05, 3.63) is 63.4 Å². The molecule has 0 aliphatic heterocycles. The minimum Gasteiger partial charge on any atom is -0.351 e. The van der Waals surface area contributed by atoms with E-state index >= 15 is 0 Å². The van der Waals surface area contributed by atoms with Gasteiger partial charge in [-0.1, -0.05) is 18.2 Å². The normalized spacial score (nSPS) is 12.2. The predicted molar refractivity (Wildman–Crippen MR) is 119 cm³/mol. The fourth-order valence-electron chi connectivity index (χ4n) is 2.92. The van der Waals surface area contributed by atoms with Gasteiger partial charge in [0.2, 0.25) is 0 Å². The fourth-order valence-corrected chi connectivity index (χ4v) is 4.53. The summed E-state index contributed by atoms with van der Waals surface area (Å²) < 4.78 is 25.6. The number of nitrogens with one attached hydrogen (secondary N) is 2. The Labute approximate surface area is 181 Å². The molecule has 0 aliphatic rings. The van der Waals surface area contributed by atoms with E-state index < -0.39 is 9.84 Å². The number of nitrogens with zero attached hydrogens (tertiary/aromatic N) is 4. The van der Waals surface area contributed by atoms with E-state index in [0.29, 0.717) is 30.5 Å². The minimum atomic E-state index is -3.23. The van der Waals surface area contributed by atoms with Gasteiger partial charge in [-0.2, -0.15) is 0 Å². The highest BCUT2D eigenvalue weighted by molar-refractivity contribution is 7.90. The van der Waals surface area contributed by atoms with E-state index in [2.05, 4.69) is 31.9 Å². The molecule has 0 aliphatic carbocycles. The molecule has 160 valence electrons. The molecule has 2 heterocycles. The maximum atomic E-state index is 11.8. The Hall–Kier alpha value is -2.72. The first-order valence-electron chi connectivity index (χ1n) is 9.43. The number of hydrogen-bond acceptors (Lipinski definition) is 6. The van der Waals surface area contributed by atoms with Crippen molar-refractivity contribution in [1.82, 2.24) is 25.4 Å². The number of aromatic nitrogens is 3. The van der Waals surface area contributed by atoms with Crippen molar-refractivity contribution in [2.75, 3.05) is 6.26 Å². The monoisotopic (exact) mass is 446 g/mol. The summed E-state index contributed by atoms with van der Waals surface area (Å²) in [6.45, 7) is 5.27. The van der Waals surface area contributed by atoms with Crippen molar-refractivity contribution >= 4 is 27.1 Å². The molecule has 30 heavy (non-hydrogen) atoms. The van der Waals surface area contributed by atoms with E-state index in [4.69, 9.17) is 0 Å². The van der Waals surface area contributed by atoms with E-state index in [0.717, 1.165) is 22.8 Å². The van der Waals surface area contributed by atoms with Crippen LogP contribution in [-0.4, -0.2) is 35.4 Å². The lowest BCUT2D eigenvalue weighted by Crippen LogP contribution is -2.37. The van der Waals surface area contributed by atoms with Crippen LogP contribution < -0.4 is 10.6 Å². The summed E-state index contributed by atoms with van der Waals surface area (Å²) in [6.07, 6.45) is 1.22. The van der Waals surface area contributed by atoms with Crippen molar-refractivity contribution in [3.8, 4) is 0 Å². The molecule has 3 rings (SSSR count). The Bertz CT molecular complexity index is 1130. The van der Waals surface area contributed by atoms with Crippen LogP contribution in [0.1, 0.15) is 27.7 Å². The van der Waals surface area contributed by atoms with Crippen LogP contribution in [0.5, 0.6) is 0 Å². The third-order valence-corrected chi connectivity index (χ3v) is 6.80. The number of hydrogen-bond donors (Lipinski definition) is 2. The number of rotatable bonds is 7. The number of thiophene rings is 1. The molecular weight excluding hydrogens is 420 g/mol. The van der Waals surface area contributed by atoms with E-state index in [-0.39, 0.29) is 0 Å². The van der Waals surface area contributed by atoms with Gasteiger partial charge >= 0.3 is 0 Å². The number of aliphatic imine (C=N–C) groups is 1. The van der Waals surface area contributed by atoms with Crippen molar-refractivity contribution in [2.45, 2.75) is 38.4 Å². The van der Waals surface area contributed by atoms with Gasteiger partial charge in [0.05, 0.1) is 24.5 Å². The Morgan fingerprint density at radius 1 is 1.17 bits per heavy atom. The molecule has 1 aromatic carbocycles. The van der Waals surface area contributed by atoms with Gasteiger partial charge in [-0.15, -0.1) is 21.5 Å². The van der Waals surface area contributed by atoms with Gasteiger partial charge in [0, 0.05) is 18.2 Å². The molecule has 0 spiro atoms. The molecule has 0 amide bonds. The summed E-state index contributed by atoms with van der Waals surface area (Å²) in [5, 5.41) is 16.9. The highest BCUT2D eigenvalue weighted by Gasteiger charge is 2.11. The topological polar surface area (TPSA) is 101 Å². The molecule has 3 aromatic rings. The van der Waals surface area contributed by atoms with Crippen LogP contribution in [0.4, 0.5) is 0 Å². The zero-order valence-electron chi connectivity index (χ0n) is 17.5. The van der Waals surface area contributed by atoms with Crippen molar-refractivity contribution in [2.24, 2.45) is 12.0 Å². The van der Waals surface area contributed by atoms with Crippen LogP contribution in [0.25, 0.3) is 0 Å². The van der Waals surface area contributed by atoms with Crippen LogP contribution in [0.2, 0.25) is 0 Å². The number of aryl methyl sites for hydroxylation is 2. The molecule has 8 nitrogen and oxygen atoms in total. The average molecular weight is 447 g/mol. The summed E-state index contributed by atoms with van der Waals surface area (Å²) in [7, 11) is -1.31. The first-order valence-corrected chi connectivity index (χ1v) is 12.2. The number of sulfone groups is 1. The van der Waals surface area contributed by atoms with Gasteiger partial charge in [0.15, 0.2) is 21.6 Å². The largest absolute Gasteiger partial charge is 0.351 e. The highest BCUT2D eigenvalue weighted by Crippen LogP contribution is 2.17. The zero-order valence-corrected chi connectivity index (χ0v) is 19.1. The molecule has 0 unspecified atom stereocenters. The summed E-state index contributed by atoms with van der Waals surface area (Å²) in [6, 6.07) is 9.39. The molecule has 0 radical (unpaired) electrons. The standard InChI is InChI=1S/C20H26N6O2S2/c1-14-10-16(7-8-18(14)30(4,27)28)11-21-20(22-12-17-6-5-9-29-17)23-13-19-25-24-15(2)26(19)3/h5-10H,11-13H2,1-4H3,(H2,21,22,23). The van der Waals surface area contributed by atoms with Gasteiger partial charge in [-0.3, -0.25) is 0 Å². The zero-order chi connectivity index (χ0) is 21.7. The van der Waals surface area contributed by atoms with E-state index in [1.807, 2.05) is 36.1 Å². The SMILES string of the molecule is Cc1cc(CN=C(NCc2cccs2)NCc2nnc(C)n2C)ccc1S(C)(=O)=O. The van der Waals surface area contributed by atoms with Crippen LogP contribution in [-0.2, 0) is 36.5 Å². The second-order valence-corrected chi connectivity index (χ2v) is 10.1. The van der Waals surface area contributed by atoms with E-state index in [1.54, 1.807) is 30.4 Å². The second-order valence-electron chi connectivity index (χ2n) is 7.05. The van der Waals surface area contributed by atoms with Gasteiger partial charge in [-0.25, -0.2) is 13.4 Å². The molecule has 0 bridgehead atoms. The predicted octanol–water partition coefficient (Wildman–Crippen LogP) is 2.33. The van der Waals surface area contributed by atoms with E-state index in [9.17, 15) is 8.42 Å². The Morgan fingerprint density at radius 2 is 1.93 bits per heavy atom. The fraction of sp³-hybridized carbons (Fsp3) is 0.350. The minimum absolute atomic E-state index is 0.349. The Morgan fingerprint density at radius 3 is 2.53 bits per heavy atom. The lowest BCUT2D eigenvalue weighted by atomic mass is 10.1. The molecule has 2 N–H and O–H groups in total. The number of benzene rings is 1. The second kappa shape index (κ2) is 9.40. The molecular formula is C20H26N6O2S2. The van der Waals surface area contributed by atoms with Gasteiger partial charge in [0.25, 0.3) is 0 Å². The average Bonchev–Trinajstić information content (AvgIpc) is 3.31. The quantitative estimate of drug-likeness (QED) is 0.427. The van der Waals surface area contributed by atoms with Crippen LogP contribution in [0.15, 0.2) is 45.6 Å². The molecule has 0 fully saturated rings. The lowest BCUT2D eigenvalue weighted by Gasteiger charge is -2.12. The van der Waals surface area contributed by atoms with Crippen molar-refractivity contribution < 1.29 is 8.42 Å². The maximum Gasteiger partial charge on any atom is 0.192 e. The Kier molecular flexibility index (Phi) is 6.88. The third-order valence-electron chi connectivity index (χ3n) is 4.67. The Balaban J connectivity index is 1.73. The first-order chi connectivity index (χ1) is 14.2. The van der Waals surface area contributed by atoms with Crippen LogP contribution in [0, 0.1) is 13.8 Å². The van der Waals surface area contributed by atoms with Crippen LogP contribution in [0.3, 0.4) is 0 Å². The summed E-state index contributed by atoms with van der Waals surface area (Å²) in [4.78, 5) is 6.22. The first kappa shape index (κ1) is 22.0.